The van der Waals surface area contributed by atoms with E-state index >= 15 is 0 Å². The molecule has 0 amide bonds. The SMILES string of the molecule is CC(C#N)N(C)c1ccc(Cl)cc1. The van der Waals surface area contributed by atoms with E-state index in [-0.39, 0.29) is 6.04 Å². The summed E-state index contributed by atoms with van der Waals surface area (Å²) in [6.45, 7) is 1.86. The number of rotatable bonds is 2. The van der Waals surface area contributed by atoms with Crippen molar-refractivity contribution in [2.24, 2.45) is 0 Å². The summed E-state index contributed by atoms with van der Waals surface area (Å²) in [7, 11) is 1.89. The molecule has 1 aromatic rings. The minimum Gasteiger partial charge on any atom is -0.359 e. The molecule has 1 aromatic carbocycles. The molecule has 0 aliphatic rings. The van der Waals surface area contributed by atoms with Gasteiger partial charge in [-0.25, -0.2) is 0 Å². The van der Waals surface area contributed by atoms with Gasteiger partial charge in [0.1, 0.15) is 6.04 Å². The molecule has 1 rings (SSSR count). The summed E-state index contributed by atoms with van der Waals surface area (Å²) in [5.41, 5.74) is 0.999. The van der Waals surface area contributed by atoms with Crippen LogP contribution in [0.1, 0.15) is 6.92 Å². The molecule has 0 bridgehead atoms. The first-order chi connectivity index (χ1) is 6.15. The third kappa shape index (κ3) is 2.37. The fourth-order valence-corrected chi connectivity index (χ4v) is 1.11. The average molecular weight is 195 g/mol. The van der Waals surface area contributed by atoms with Crippen molar-refractivity contribution in [3.05, 3.63) is 29.3 Å². The summed E-state index contributed by atoms with van der Waals surface area (Å²) in [5, 5.41) is 9.41. The molecule has 0 radical (unpaired) electrons. The Hall–Kier alpha value is -1.20. The minimum absolute atomic E-state index is 0.124. The number of nitriles is 1. The third-order valence-corrected chi connectivity index (χ3v) is 2.25. The zero-order valence-electron chi connectivity index (χ0n) is 7.66. The fourth-order valence-electron chi connectivity index (χ4n) is 0.986. The van der Waals surface area contributed by atoms with Crippen LogP contribution in [-0.4, -0.2) is 13.1 Å². The second-order valence-electron chi connectivity index (χ2n) is 2.89. The average Bonchev–Trinajstić information content (AvgIpc) is 2.17. The molecule has 1 atom stereocenters. The molecule has 68 valence electrons. The summed E-state index contributed by atoms with van der Waals surface area (Å²) in [4.78, 5) is 1.90. The molecule has 0 aliphatic carbocycles. The van der Waals surface area contributed by atoms with Crippen LogP contribution in [0.5, 0.6) is 0 Å². The van der Waals surface area contributed by atoms with E-state index in [1.54, 1.807) is 0 Å². The summed E-state index contributed by atoms with van der Waals surface area (Å²) >= 11 is 5.75. The number of hydrogen-bond donors (Lipinski definition) is 0. The molecule has 3 heteroatoms. The molecule has 1 unspecified atom stereocenters. The molecule has 0 saturated heterocycles. The van der Waals surface area contributed by atoms with Crippen LogP contribution in [-0.2, 0) is 0 Å². The molecule has 2 nitrogen and oxygen atoms in total. The standard InChI is InChI=1S/C10H11ClN2/c1-8(7-12)13(2)10-5-3-9(11)4-6-10/h3-6,8H,1-2H3. The maximum Gasteiger partial charge on any atom is 0.113 e. The van der Waals surface area contributed by atoms with Gasteiger partial charge in [0.25, 0.3) is 0 Å². The maximum absolute atomic E-state index is 8.70. The number of hydrogen-bond acceptors (Lipinski definition) is 2. The fraction of sp³-hybridized carbons (Fsp3) is 0.300. The van der Waals surface area contributed by atoms with Gasteiger partial charge in [-0.3, -0.25) is 0 Å². The molecule has 0 N–H and O–H groups in total. The number of anilines is 1. The van der Waals surface area contributed by atoms with Gasteiger partial charge in [-0.1, -0.05) is 11.6 Å². The van der Waals surface area contributed by atoms with Gasteiger partial charge in [0, 0.05) is 17.8 Å². The van der Waals surface area contributed by atoms with Crippen molar-refractivity contribution in [2.75, 3.05) is 11.9 Å². The van der Waals surface area contributed by atoms with Crippen molar-refractivity contribution in [2.45, 2.75) is 13.0 Å². The van der Waals surface area contributed by atoms with Crippen LogP contribution in [0.3, 0.4) is 0 Å². The van der Waals surface area contributed by atoms with Gasteiger partial charge >= 0.3 is 0 Å². The van der Waals surface area contributed by atoms with Gasteiger partial charge in [-0.15, -0.1) is 0 Å². The number of halogens is 1. The van der Waals surface area contributed by atoms with Gasteiger partial charge in [0.2, 0.25) is 0 Å². The Balaban J connectivity index is 2.84. The molecule has 0 fully saturated rings. The molecular weight excluding hydrogens is 184 g/mol. The van der Waals surface area contributed by atoms with E-state index in [1.807, 2.05) is 43.1 Å². The molecule has 13 heavy (non-hydrogen) atoms. The Morgan fingerprint density at radius 2 is 1.92 bits per heavy atom. The molecule has 0 aliphatic heterocycles. The predicted octanol–water partition coefficient (Wildman–Crippen LogP) is 2.69. The van der Waals surface area contributed by atoms with Gasteiger partial charge in [0.15, 0.2) is 0 Å². The second-order valence-corrected chi connectivity index (χ2v) is 3.33. The van der Waals surface area contributed by atoms with Crippen LogP contribution in [0.4, 0.5) is 5.69 Å². The van der Waals surface area contributed by atoms with Crippen LogP contribution in [0.25, 0.3) is 0 Å². The second kappa shape index (κ2) is 4.15. The van der Waals surface area contributed by atoms with Crippen LogP contribution < -0.4 is 4.90 Å². The molecule has 0 aromatic heterocycles. The van der Waals surface area contributed by atoms with Crippen LogP contribution >= 0.6 is 11.6 Å². The first-order valence-corrected chi connectivity index (χ1v) is 4.41. The third-order valence-electron chi connectivity index (χ3n) is 2.00. The van der Waals surface area contributed by atoms with Gasteiger partial charge in [0.05, 0.1) is 6.07 Å². The van der Waals surface area contributed by atoms with E-state index in [0.717, 1.165) is 5.69 Å². The molecule has 0 heterocycles. The highest BCUT2D eigenvalue weighted by Crippen LogP contribution is 2.18. The Morgan fingerprint density at radius 3 is 2.38 bits per heavy atom. The highest BCUT2D eigenvalue weighted by atomic mass is 35.5. The van der Waals surface area contributed by atoms with Gasteiger partial charge in [-0.05, 0) is 31.2 Å². The molecular formula is C10H11ClN2. The van der Waals surface area contributed by atoms with Crippen molar-refractivity contribution >= 4 is 17.3 Å². The van der Waals surface area contributed by atoms with Crippen LogP contribution in [0.15, 0.2) is 24.3 Å². The zero-order chi connectivity index (χ0) is 9.84. The predicted molar refractivity (Wildman–Crippen MR) is 54.9 cm³/mol. The Labute approximate surface area is 83.3 Å². The molecule has 0 saturated carbocycles. The monoisotopic (exact) mass is 194 g/mol. The van der Waals surface area contributed by atoms with E-state index < -0.39 is 0 Å². The Morgan fingerprint density at radius 1 is 1.38 bits per heavy atom. The molecule has 0 spiro atoms. The highest BCUT2D eigenvalue weighted by Gasteiger charge is 2.07. The topological polar surface area (TPSA) is 27.0 Å². The first-order valence-electron chi connectivity index (χ1n) is 4.03. The van der Waals surface area contributed by atoms with Crippen molar-refractivity contribution in [3.8, 4) is 6.07 Å². The number of benzene rings is 1. The Kier molecular flexibility index (Phi) is 3.16. The maximum atomic E-state index is 8.70. The summed E-state index contributed by atoms with van der Waals surface area (Å²) in [6.07, 6.45) is 0. The van der Waals surface area contributed by atoms with Crippen molar-refractivity contribution in [1.82, 2.24) is 0 Å². The van der Waals surface area contributed by atoms with E-state index in [2.05, 4.69) is 6.07 Å². The van der Waals surface area contributed by atoms with Crippen LogP contribution in [0.2, 0.25) is 5.02 Å². The largest absolute Gasteiger partial charge is 0.359 e. The quantitative estimate of drug-likeness (QED) is 0.724. The van der Waals surface area contributed by atoms with E-state index in [4.69, 9.17) is 16.9 Å². The minimum atomic E-state index is -0.124. The van der Waals surface area contributed by atoms with E-state index in [0.29, 0.717) is 5.02 Å². The van der Waals surface area contributed by atoms with Crippen molar-refractivity contribution in [3.63, 3.8) is 0 Å². The number of nitrogens with zero attached hydrogens (tertiary/aromatic N) is 2. The summed E-state index contributed by atoms with van der Waals surface area (Å²) in [6, 6.07) is 9.48. The van der Waals surface area contributed by atoms with Crippen LogP contribution in [0, 0.1) is 11.3 Å². The van der Waals surface area contributed by atoms with Gasteiger partial charge < -0.3 is 4.90 Å². The lowest BCUT2D eigenvalue weighted by Gasteiger charge is -2.21. The zero-order valence-corrected chi connectivity index (χ0v) is 8.42. The Bertz CT molecular complexity index is 313. The van der Waals surface area contributed by atoms with E-state index in [9.17, 15) is 0 Å². The lowest BCUT2D eigenvalue weighted by Crippen LogP contribution is -2.26. The normalized spacial score (nSPS) is 11.8. The van der Waals surface area contributed by atoms with Gasteiger partial charge in [-0.2, -0.15) is 5.26 Å². The van der Waals surface area contributed by atoms with Crippen molar-refractivity contribution < 1.29 is 0 Å². The summed E-state index contributed by atoms with van der Waals surface area (Å²) < 4.78 is 0. The smallest absolute Gasteiger partial charge is 0.113 e. The lowest BCUT2D eigenvalue weighted by atomic mass is 10.2. The first kappa shape index (κ1) is 9.88. The van der Waals surface area contributed by atoms with Crippen molar-refractivity contribution in [1.29, 1.82) is 5.26 Å². The lowest BCUT2D eigenvalue weighted by molar-refractivity contribution is 0.835. The highest BCUT2D eigenvalue weighted by molar-refractivity contribution is 6.30. The van der Waals surface area contributed by atoms with E-state index in [1.165, 1.54) is 0 Å². The summed E-state index contributed by atoms with van der Waals surface area (Å²) in [5.74, 6) is 0.